The van der Waals surface area contributed by atoms with E-state index in [1.54, 1.807) is 13.1 Å². The van der Waals surface area contributed by atoms with Crippen LogP contribution in [0.25, 0.3) is 0 Å². The molecule has 0 unspecified atom stereocenters. The number of anilines is 4. The number of nitrogens with zero attached hydrogens (tertiary/aromatic N) is 3. The van der Waals surface area contributed by atoms with E-state index in [2.05, 4.69) is 20.6 Å². The molecule has 3 aromatic rings. The van der Waals surface area contributed by atoms with Gasteiger partial charge in [0.2, 0.25) is 5.95 Å². The Balaban J connectivity index is 1.67. The Morgan fingerprint density at radius 3 is 2.44 bits per heavy atom. The molecule has 10 nitrogen and oxygen atoms in total. The SMILES string of the molecule is COc1ccc(Nc2nc(Nc3ccc(CP(=O)(O)O)cc3)ncc2C(F)(F)F)c2c1CN(C)C2=O. The number of hydrogen-bond acceptors (Lipinski definition) is 7. The number of rotatable bonds is 7. The molecule has 0 spiro atoms. The molecule has 0 atom stereocenters. The molecule has 4 N–H and O–H groups in total. The van der Waals surface area contributed by atoms with E-state index in [1.807, 2.05) is 0 Å². The van der Waals surface area contributed by atoms with Crippen molar-refractivity contribution in [1.82, 2.24) is 14.9 Å². The molecule has 2 heterocycles. The Morgan fingerprint density at radius 1 is 1.14 bits per heavy atom. The minimum absolute atomic E-state index is 0.136. The van der Waals surface area contributed by atoms with Crippen LogP contribution >= 0.6 is 7.60 Å². The summed E-state index contributed by atoms with van der Waals surface area (Å²) in [7, 11) is -1.23. The summed E-state index contributed by atoms with van der Waals surface area (Å²) in [5.74, 6) is -0.658. The molecule has 0 fully saturated rings. The first-order valence-electron chi connectivity index (χ1n) is 10.4. The van der Waals surface area contributed by atoms with Crippen molar-refractivity contribution in [3.8, 4) is 5.75 Å². The van der Waals surface area contributed by atoms with Crippen molar-refractivity contribution < 1.29 is 37.1 Å². The summed E-state index contributed by atoms with van der Waals surface area (Å²) in [5.41, 5.74) is 0.514. The van der Waals surface area contributed by atoms with Gasteiger partial charge in [0.05, 0.1) is 31.1 Å². The number of hydrogen-bond donors (Lipinski definition) is 4. The van der Waals surface area contributed by atoms with Crippen molar-refractivity contribution in [3.05, 3.63) is 64.8 Å². The lowest BCUT2D eigenvalue weighted by Gasteiger charge is -2.17. The van der Waals surface area contributed by atoms with Gasteiger partial charge in [-0.05, 0) is 29.8 Å². The van der Waals surface area contributed by atoms with Crippen molar-refractivity contribution >= 4 is 36.6 Å². The zero-order valence-corrected chi connectivity index (χ0v) is 19.9. The average Bonchev–Trinajstić information content (AvgIpc) is 3.08. The number of methoxy groups -OCH3 is 1. The average molecular weight is 523 g/mol. The first-order chi connectivity index (χ1) is 16.9. The van der Waals surface area contributed by atoms with Gasteiger partial charge in [0.25, 0.3) is 5.91 Å². The first-order valence-corrected chi connectivity index (χ1v) is 12.2. The van der Waals surface area contributed by atoms with Crippen LogP contribution in [0.4, 0.5) is 36.3 Å². The maximum Gasteiger partial charge on any atom is 0.421 e. The first kappa shape index (κ1) is 25.4. The van der Waals surface area contributed by atoms with Gasteiger partial charge in [0.15, 0.2) is 0 Å². The van der Waals surface area contributed by atoms with Gasteiger partial charge in [0, 0.05) is 24.5 Å². The molecule has 36 heavy (non-hydrogen) atoms. The van der Waals surface area contributed by atoms with Crippen LogP contribution < -0.4 is 15.4 Å². The van der Waals surface area contributed by atoms with E-state index in [0.29, 0.717) is 28.8 Å². The lowest BCUT2D eigenvalue weighted by Crippen LogP contribution is -2.18. The van der Waals surface area contributed by atoms with Crippen LogP contribution in [0.2, 0.25) is 0 Å². The van der Waals surface area contributed by atoms with Crippen LogP contribution in [-0.2, 0) is 23.4 Å². The van der Waals surface area contributed by atoms with E-state index >= 15 is 0 Å². The summed E-state index contributed by atoms with van der Waals surface area (Å²) in [6.07, 6.45) is -4.60. The van der Waals surface area contributed by atoms with Gasteiger partial charge in [-0.3, -0.25) is 9.36 Å². The summed E-state index contributed by atoms with van der Waals surface area (Å²) in [5, 5.41) is 5.41. The Kier molecular flexibility index (Phi) is 6.65. The number of carbonyl (C=O) groups excluding carboxylic acids is 1. The lowest BCUT2D eigenvalue weighted by atomic mass is 10.1. The maximum absolute atomic E-state index is 13.7. The van der Waals surface area contributed by atoms with Gasteiger partial charge >= 0.3 is 13.8 Å². The van der Waals surface area contributed by atoms with Crippen molar-refractivity contribution in [2.75, 3.05) is 24.8 Å². The molecule has 4 rings (SSSR count). The van der Waals surface area contributed by atoms with E-state index in [-0.39, 0.29) is 29.7 Å². The van der Waals surface area contributed by atoms with Gasteiger partial charge in [-0.25, -0.2) is 4.98 Å². The predicted molar refractivity (Wildman–Crippen MR) is 125 cm³/mol. The summed E-state index contributed by atoms with van der Waals surface area (Å²) in [6.45, 7) is 0.244. The summed E-state index contributed by atoms with van der Waals surface area (Å²) in [6, 6.07) is 8.92. The number of carbonyl (C=O) groups is 1. The van der Waals surface area contributed by atoms with Crippen LogP contribution in [0.5, 0.6) is 5.75 Å². The van der Waals surface area contributed by atoms with Gasteiger partial charge < -0.3 is 30.1 Å². The molecule has 0 aliphatic carbocycles. The van der Waals surface area contributed by atoms with Crippen LogP contribution in [0.3, 0.4) is 0 Å². The summed E-state index contributed by atoms with van der Waals surface area (Å²) in [4.78, 5) is 40.0. The van der Waals surface area contributed by atoms with E-state index < -0.39 is 31.3 Å². The second-order valence-electron chi connectivity index (χ2n) is 8.05. The minimum Gasteiger partial charge on any atom is -0.496 e. The van der Waals surface area contributed by atoms with Gasteiger partial charge in [-0.15, -0.1) is 0 Å². The molecule has 2 aromatic carbocycles. The molecule has 1 amide bonds. The Labute approximate surface area is 203 Å². The highest BCUT2D eigenvalue weighted by Crippen LogP contribution is 2.41. The van der Waals surface area contributed by atoms with Crippen LogP contribution in [-0.4, -0.2) is 44.7 Å². The molecule has 0 radical (unpaired) electrons. The molecule has 14 heteroatoms. The van der Waals surface area contributed by atoms with E-state index in [4.69, 9.17) is 14.5 Å². The van der Waals surface area contributed by atoms with Crippen LogP contribution in [0.15, 0.2) is 42.6 Å². The largest absolute Gasteiger partial charge is 0.496 e. The summed E-state index contributed by atoms with van der Waals surface area (Å²) >= 11 is 0. The fourth-order valence-corrected chi connectivity index (χ4v) is 4.44. The second-order valence-corrected chi connectivity index (χ2v) is 9.70. The molecular weight excluding hydrogens is 502 g/mol. The lowest BCUT2D eigenvalue weighted by molar-refractivity contribution is -0.137. The Morgan fingerprint density at radius 2 is 1.83 bits per heavy atom. The molecular formula is C22H21F3N5O5P. The minimum atomic E-state index is -4.78. The zero-order valence-electron chi connectivity index (χ0n) is 19.0. The number of benzene rings is 2. The molecule has 0 bridgehead atoms. The summed E-state index contributed by atoms with van der Waals surface area (Å²) < 4.78 is 57.6. The fourth-order valence-electron chi connectivity index (χ4n) is 3.76. The van der Waals surface area contributed by atoms with Crippen molar-refractivity contribution in [3.63, 3.8) is 0 Å². The van der Waals surface area contributed by atoms with Gasteiger partial charge in [-0.2, -0.15) is 18.2 Å². The third-order valence-electron chi connectivity index (χ3n) is 5.39. The Bertz CT molecular complexity index is 1360. The van der Waals surface area contributed by atoms with Crippen molar-refractivity contribution in [2.45, 2.75) is 18.9 Å². The number of halogens is 3. The highest BCUT2D eigenvalue weighted by atomic mass is 31.2. The van der Waals surface area contributed by atoms with Gasteiger partial charge in [0.1, 0.15) is 17.1 Å². The number of aromatic nitrogens is 2. The highest BCUT2D eigenvalue weighted by Gasteiger charge is 2.37. The quantitative estimate of drug-likeness (QED) is 0.335. The third-order valence-corrected chi connectivity index (χ3v) is 6.17. The highest BCUT2D eigenvalue weighted by molar-refractivity contribution is 7.50. The molecule has 190 valence electrons. The van der Waals surface area contributed by atoms with Crippen molar-refractivity contribution in [1.29, 1.82) is 0 Å². The topological polar surface area (TPSA) is 137 Å². The number of nitrogens with one attached hydrogen (secondary N) is 2. The normalized spacial score (nSPS) is 13.5. The molecule has 0 saturated carbocycles. The predicted octanol–water partition coefficient (Wildman–Crippen LogP) is 4.25. The van der Waals surface area contributed by atoms with E-state index in [1.165, 1.54) is 42.3 Å². The fraction of sp³-hybridized carbons (Fsp3) is 0.227. The van der Waals surface area contributed by atoms with Crippen molar-refractivity contribution in [2.24, 2.45) is 0 Å². The third kappa shape index (κ3) is 5.43. The van der Waals surface area contributed by atoms with E-state index in [9.17, 15) is 22.5 Å². The zero-order chi connectivity index (χ0) is 26.3. The molecule has 1 aromatic heterocycles. The number of amides is 1. The maximum atomic E-state index is 13.7. The van der Waals surface area contributed by atoms with Gasteiger partial charge in [-0.1, -0.05) is 12.1 Å². The monoisotopic (exact) mass is 523 g/mol. The second kappa shape index (κ2) is 9.41. The molecule has 1 aliphatic heterocycles. The number of ether oxygens (including phenoxy) is 1. The molecule has 1 aliphatic rings. The van der Waals surface area contributed by atoms with E-state index in [0.717, 1.165) is 0 Å². The van der Waals surface area contributed by atoms with Crippen LogP contribution in [0, 0.1) is 0 Å². The van der Waals surface area contributed by atoms with Crippen LogP contribution in [0.1, 0.15) is 27.0 Å². The standard InChI is InChI=1S/C22H21F3N5O5P/c1-30-10-14-17(35-2)8-7-16(18(14)20(30)31)28-19-15(22(23,24)25)9-26-21(29-19)27-13-5-3-12(4-6-13)11-36(32,33)34/h3-9H,10-11H2,1-2H3,(H2,32,33,34)(H2,26,27,28,29). The Hall–Kier alpha value is -3.67. The smallest absolute Gasteiger partial charge is 0.421 e. The number of fused-ring (bicyclic) bond motifs is 1. The number of alkyl halides is 3. The molecule has 0 saturated heterocycles.